The van der Waals surface area contributed by atoms with Crippen molar-refractivity contribution in [1.82, 2.24) is 15.5 Å². The second kappa shape index (κ2) is 5.43. The predicted octanol–water partition coefficient (Wildman–Crippen LogP) is 2.62. The zero-order chi connectivity index (χ0) is 11.4. The molecule has 0 unspecified atom stereocenters. The second-order valence-corrected chi connectivity index (χ2v) is 4.92. The first-order valence-corrected chi connectivity index (χ1v) is 6.31. The van der Waals surface area contributed by atoms with Crippen molar-refractivity contribution in [3.05, 3.63) is 11.7 Å². The molecule has 0 saturated heterocycles. The first-order valence-electron chi connectivity index (χ1n) is 6.31. The lowest BCUT2D eigenvalue weighted by molar-refractivity contribution is 0.311. The molecule has 0 bridgehead atoms. The van der Waals surface area contributed by atoms with Crippen LogP contribution in [0.25, 0.3) is 0 Å². The molecule has 1 heterocycles. The third-order valence-corrected chi connectivity index (χ3v) is 3.11. The lowest BCUT2D eigenvalue weighted by Crippen LogP contribution is -2.22. The summed E-state index contributed by atoms with van der Waals surface area (Å²) in [6.45, 7) is 4.93. The predicted molar refractivity (Wildman–Crippen MR) is 62.1 cm³/mol. The highest BCUT2D eigenvalue weighted by Gasteiger charge is 2.21. The Balaban J connectivity index is 1.90. The minimum Gasteiger partial charge on any atom is -0.339 e. The van der Waals surface area contributed by atoms with Crippen molar-refractivity contribution in [2.24, 2.45) is 0 Å². The molecule has 1 aromatic heterocycles. The molecule has 1 fully saturated rings. The molecule has 0 radical (unpaired) electrons. The molecule has 90 valence electrons. The largest absolute Gasteiger partial charge is 0.339 e. The fourth-order valence-corrected chi connectivity index (χ4v) is 2.15. The Bertz CT molecular complexity index is 316. The quantitative estimate of drug-likeness (QED) is 0.852. The van der Waals surface area contributed by atoms with Crippen molar-refractivity contribution in [3.63, 3.8) is 0 Å². The number of hydrogen-bond acceptors (Lipinski definition) is 4. The van der Waals surface area contributed by atoms with Gasteiger partial charge in [-0.25, -0.2) is 0 Å². The minimum absolute atomic E-state index is 0.455. The molecular formula is C12H21N3O. The number of nitrogens with zero attached hydrogens (tertiary/aromatic N) is 2. The molecule has 1 aliphatic carbocycles. The van der Waals surface area contributed by atoms with E-state index in [0.29, 0.717) is 18.5 Å². The Morgan fingerprint density at radius 2 is 2.06 bits per heavy atom. The van der Waals surface area contributed by atoms with E-state index in [4.69, 9.17) is 4.52 Å². The fourth-order valence-electron chi connectivity index (χ4n) is 2.15. The van der Waals surface area contributed by atoms with Crippen LogP contribution in [0.15, 0.2) is 4.52 Å². The summed E-state index contributed by atoms with van der Waals surface area (Å²) in [5.74, 6) is 2.14. The van der Waals surface area contributed by atoms with E-state index >= 15 is 0 Å². The molecule has 4 nitrogen and oxygen atoms in total. The fraction of sp³-hybridized carbons (Fsp3) is 0.833. The highest BCUT2D eigenvalue weighted by atomic mass is 16.5. The van der Waals surface area contributed by atoms with Crippen LogP contribution < -0.4 is 5.32 Å². The molecule has 0 amide bonds. The van der Waals surface area contributed by atoms with E-state index in [9.17, 15) is 0 Å². The van der Waals surface area contributed by atoms with Gasteiger partial charge in [0.25, 0.3) is 0 Å². The third kappa shape index (κ3) is 3.04. The van der Waals surface area contributed by atoms with Gasteiger partial charge in [0.15, 0.2) is 5.82 Å². The van der Waals surface area contributed by atoms with Gasteiger partial charge in [-0.3, -0.25) is 0 Å². The number of nitrogens with one attached hydrogen (secondary N) is 1. The van der Waals surface area contributed by atoms with E-state index in [-0.39, 0.29) is 0 Å². The lowest BCUT2D eigenvalue weighted by atomic mass is 9.89. The van der Waals surface area contributed by atoms with E-state index < -0.39 is 0 Å². The molecule has 2 rings (SSSR count). The smallest absolute Gasteiger partial charge is 0.229 e. The van der Waals surface area contributed by atoms with Gasteiger partial charge in [0.1, 0.15) is 0 Å². The Morgan fingerprint density at radius 1 is 1.31 bits per heavy atom. The average molecular weight is 223 g/mol. The van der Waals surface area contributed by atoms with Crippen molar-refractivity contribution >= 4 is 0 Å². The first kappa shape index (κ1) is 11.6. The zero-order valence-electron chi connectivity index (χ0n) is 10.2. The van der Waals surface area contributed by atoms with Crippen molar-refractivity contribution in [1.29, 1.82) is 0 Å². The van der Waals surface area contributed by atoms with Gasteiger partial charge < -0.3 is 9.84 Å². The summed E-state index contributed by atoms with van der Waals surface area (Å²) in [6.07, 6.45) is 6.37. The van der Waals surface area contributed by atoms with Gasteiger partial charge >= 0.3 is 0 Å². The highest BCUT2D eigenvalue weighted by Crippen LogP contribution is 2.31. The molecule has 1 saturated carbocycles. The lowest BCUT2D eigenvalue weighted by Gasteiger charge is -2.17. The summed E-state index contributed by atoms with van der Waals surface area (Å²) in [5, 5.41) is 7.31. The maximum absolute atomic E-state index is 5.34. The van der Waals surface area contributed by atoms with Crippen LogP contribution in [0, 0.1) is 0 Å². The molecule has 16 heavy (non-hydrogen) atoms. The maximum atomic E-state index is 5.34. The van der Waals surface area contributed by atoms with Crippen LogP contribution in [0.1, 0.15) is 63.6 Å². The van der Waals surface area contributed by atoms with Crippen LogP contribution in [0.5, 0.6) is 0 Å². The van der Waals surface area contributed by atoms with Gasteiger partial charge in [-0.05, 0) is 12.8 Å². The molecule has 1 aliphatic rings. The molecule has 0 aliphatic heterocycles. The summed E-state index contributed by atoms with van der Waals surface area (Å²) < 4.78 is 5.34. The molecule has 0 aromatic carbocycles. The first-order chi connectivity index (χ1) is 7.75. The normalized spacial score (nSPS) is 18.2. The van der Waals surface area contributed by atoms with E-state index in [2.05, 4.69) is 29.3 Å². The third-order valence-electron chi connectivity index (χ3n) is 3.11. The molecule has 0 spiro atoms. The zero-order valence-corrected chi connectivity index (χ0v) is 10.2. The molecule has 1 N–H and O–H groups in total. The Morgan fingerprint density at radius 3 is 2.75 bits per heavy atom. The molecule has 4 heteroatoms. The topological polar surface area (TPSA) is 51.0 Å². The summed E-state index contributed by atoms with van der Waals surface area (Å²) in [7, 11) is 0. The Hall–Kier alpha value is -0.900. The van der Waals surface area contributed by atoms with Gasteiger partial charge in [-0.2, -0.15) is 4.98 Å². The molecular weight excluding hydrogens is 202 g/mol. The summed E-state index contributed by atoms with van der Waals surface area (Å²) in [6, 6.07) is 0.455. The SMILES string of the molecule is CC(C)NCc1noc(C2CCCCC2)n1. The molecule has 1 aromatic rings. The van der Waals surface area contributed by atoms with Gasteiger partial charge in [-0.15, -0.1) is 0 Å². The van der Waals surface area contributed by atoms with Gasteiger partial charge in [0, 0.05) is 12.0 Å². The van der Waals surface area contributed by atoms with Crippen LogP contribution in [0.3, 0.4) is 0 Å². The number of hydrogen-bond donors (Lipinski definition) is 1. The van der Waals surface area contributed by atoms with Gasteiger partial charge in [0.05, 0.1) is 6.54 Å². The van der Waals surface area contributed by atoms with Gasteiger partial charge in [-0.1, -0.05) is 38.3 Å². The Labute approximate surface area is 96.8 Å². The van der Waals surface area contributed by atoms with E-state index in [1.165, 1.54) is 32.1 Å². The van der Waals surface area contributed by atoms with E-state index in [1.54, 1.807) is 0 Å². The molecule has 0 atom stereocenters. The maximum Gasteiger partial charge on any atom is 0.229 e. The van der Waals surface area contributed by atoms with E-state index in [0.717, 1.165) is 11.7 Å². The van der Waals surface area contributed by atoms with Crippen molar-refractivity contribution in [2.75, 3.05) is 0 Å². The Kier molecular flexibility index (Phi) is 3.93. The number of rotatable bonds is 4. The summed E-state index contributed by atoms with van der Waals surface area (Å²) in [4.78, 5) is 4.47. The van der Waals surface area contributed by atoms with E-state index in [1.807, 2.05) is 0 Å². The van der Waals surface area contributed by atoms with Crippen LogP contribution in [0.2, 0.25) is 0 Å². The second-order valence-electron chi connectivity index (χ2n) is 4.92. The van der Waals surface area contributed by atoms with Crippen molar-refractivity contribution in [3.8, 4) is 0 Å². The van der Waals surface area contributed by atoms with Crippen LogP contribution in [-0.2, 0) is 6.54 Å². The monoisotopic (exact) mass is 223 g/mol. The highest BCUT2D eigenvalue weighted by molar-refractivity contribution is 4.95. The van der Waals surface area contributed by atoms with Crippen LogP contribution in [-0.4, -0.2) is 16.2 Å². The van der Waals surface area contributed by atoms with Crippen molar-refractivity contribution in [2.45, 2.75) is 64.5 Å². The summed E-state index contributed by atoms with van der Waals surface area (Å²) in [5.41, 5.74) is 0. The average Bonchev–Trinajstić information content (AvgIpc) is 2.76. The van der Waals surface area contributed by atoms with Crippen molar-refractivity contribution < 1.29 is 4.52 Å². The van der Waals surface area contributed by atoms with Crippen LogP contribution in [0.4, 0.5) is 0 Å². The number of aromatic nitrogens is 2. The summed E-state index contributed by atoms with van der Waals surface area (Å²) >= 11 is 0. The van der Waals surface area contributed by atoms with Gasteiger partial charge in [0.2, 0.25) is 5.89 Å². The van der Waals surface area contributed by atoms with Crippen LogP contribution >= 0.6 is 0 Å². The minimum atomic E-state index is 0.455. The standard InChI is InChI=1S/C12H21N3O/c1-9(2)13-8-11-14-12(16-15-11)10-6-4-3-5-7-10/h9-10,13H,3-8H2,1-2H3.